The summed E-state index contributed by atoms with van der Waals surface area (Å²) in [5.41, 5.74) is 1.18. The summed E-state index contributed by atoms with van der Waals surface area (Å²) in [6.07, 6.45) is 1.79. The number of carbonyl (C=O) groups is 1. The molecule has 94 valence electrons. The van der Waals surface area contributed by atoms with Gasteiger partial charge >= 0.3 is 0 Å². The maximum atomic E-state index is 12.2. The van der Waals surface area contributed by atoms with Crippen LogP contribution in [-0.4, -0.2) is 25.5 Å². The Bertz CT molecular complexity index is 509. The van der Waals surface area contributed by atoms with E-state index < -0.39 is 0 Å². The molecule has 0 bridgehead atoms. The number of nitriles is 1. The van der Waals surface area contributed by atoms with Gasteiger partial charge in [-0.2, -0.15) is 5.26 Å². The van der Waals surface area contributed by atoms with Crippen molar-refractivity contribution in [2.24, 2.45) is 0 Å². The average molecular weight is 264 g/mol. The fraction of sp³-hybridized carbons (Fsp3) is 0.385. The number of rotatable bonds is 2. The molecule has 1 aliphatic rings. The molecule has 1 aliphatic heterocycles. The van der Waals surface area contributed by atoms with E-state index in [9.17, 15) is 4.79 Å². The quantitative estimate of drug-likeness (QED) is 0.887. The summed E-state index contributed by atoms with van der Waals surface area (Å²) in [6, 6.07) is 6.88. The van der Waals surface area contributed by atoms with E-state index in [1.165, 1.54) is 0 Å². The van der Waals surface area contributed by atoms with Crippen LogP contribution in [0, 0.1) is 11.3 Å². The monoisotopic (exact) mass is 263 g/mol. The standard InChI is InChI=1S/C13H14ClN3O/c1-16-11-3-2-6-17(13(11)18)12-5-4-9(8-15)7-10(12)14/h4-5,7,11,16H,2-3,6H2,1H3. The van der Waals surface area contributed by atoms with Gasteiger partial charge in [0.05, 0.1) is 28.4 Å². The Morgan fingerprint density at radius 1 is 1.56 bits per heavy atom. The van der Waals surface area contributed by atoms with Crippen molar-refractivity contribution in [3.8, 4) is 6.07 Å². The first kappa shape index (κ1) is 12.9. The van der Waals surface area contributed by atoms with E-state index >= 15 is 0 Å². The molecule has 18 heavy (non-hydrogen) atoms. The number of halogens is 1. The molecular formula is C13H14ClN3O. The van der Waals surface area contributed by atoms with E-state index in [2.05, 4.69) is 5.32 Å². The Morgan fingerprint density at radius 2 is 2.33 bits per heavy atom. The van der Waals surface area contributed by atoms with Gasteiger partial charge in [0.15, 0.2) is 0 Å². The molecule has 0 saturated carbocycles. The molecule has 2 rings (SSSR count). The highest BCUT2D eigenvalue weighted by molar-refractivity contribution is 6.34. The molecule has 1 unspecified atom stereocenters. The number of hydrogen-bond acceptors (Lipinski definition) is 3. The lowest BCUT2D eigenvalue weighted by Gasteiger charge is -2.32. The van der Waals surface area contributed by atoms with E-state index in [1.807, 2.05) is 6.07 Å². The Morgan fingerprint density at radius 3 is 2.94 bits per heavy atom. The Balaban J connectivity index is 2.31. The van der Waals surface area contributed by atoms with Crippen molar-refractivity contribution in [3.63, 3.8) is 0 Å². The summed E-state index contributed by atoms with van der Waals surface area (Å²) in [6.45, 7) is 0.669. The van der Waals surface area contributed by atoms with Gasteiger partial charge in [-0.1, -0.05) is 11.6 Å². The van der Waals surface area contributed by atoms with Crippen LogP contribution in [0.2, 0.25) is 5.02 Å². The third kappa shape index (κ3) is 2.33. The highest BCUT2D eigenvalue weighted by atomic mass is 35.5. The second-order valence-corrected chi connectivity index (χ2v) is 4.66. The van der Waals surface area contributed by atoms with Crippen molar-refractivity contribution in [2.75, 3.05) is 18.5 Å². The van der Waals surface area contributed by atoms with Crippen LogP contribution < -0.4 is 10.2 Å². The van der Waals surface area contributed by atoms with E-state index in [-0.39, 0.29) is 11.9 Å². The van der Waals surface area contributed by atoms with Crippen molar-refractivity contribution in [2.45, 2.75) is 18.9 Å². The molecule has 0 aliphatic carbocycles. The second kappa shape index (κ2) is 5.38. The third-order valence-corrected chi connectivity index (χ3v) is 3.46. The summed E-state index contributed by atoms with van der Waals surface area (Å²) < 4.78 is 0. The summed E-state index contributed by atoms with van der Waals surface area (Å²) in [7, 11) is 1.78. The van der Waals surface area contributed by atoms with Crippen molar-refractivity contribution in [1.29, 1.82) is 5.26 Å². The first-order valence-electron chi connectivity index (χ1n) is 5.85. The molecule has 5 heteroatoms. The van der Waals surface area contributed by atoms with Gasteiger partial charge in [-0.05, 0) is 38.1 Å². The predicted octanol–water partition coefficient (Wildman–Crippen LogP) is 1.93. The molecule has 4 nitrogen and oxygen atoms in total. The van der Waals surface area contributed by atoms with E-state index in [0.717, 1.165) is 12.8 Å². The van der Waals surface area contributed by atoms with Crippen LogP contribution >= 0.6 is 11.6 Å². The molecule has 1 fully saturated rings. The highest BCUT2D eigenvalue weighted by Gasteiger charge is 2.29. The molecule has 1 N–H and O–H groups in total. The molecule has 1 saturated heterocycles. The number of hydrogen-bond donors (Lipinski definition) is 1. The SMILES string of the molecule is CNC1CCCN(c2ccc(C#N)cc2Cl)C1=O. The summed E-state index contributed by atoms with van der Waals surface area (Å²) in [5.74, 6) is 0.0374. The lowest BCUT2D eigenvalue weighted by atomic mass is 10.0. The minimum absolute atomic E-state index is 0.0374. The van der Waals surface area contributed by atoms with Gasteiger partial charge in [0, 0.05) is 6.54 Å². The number of benzene rings is 1. The number of anilines is 1. The first-order chi connectivity index (χ1) is 8.67. The fourth-order valence-corrected chi connectivity index (χ4v) is 2.46. The van der Waals surface area contributed by atoms with E-state index in [4.69, 9.17) is 16.9 Å². The van der Waals surface area contributed by atoms with Crippen LogP contribution in [0.3, 0.4) is 0 Å². The molecule has 0 radical (unpaired) electrons. The largest absolute Gasteiger partial charge is 0.310 e. The zero-order valence-corrected chi connectivity index (χ0v) is 10.9. The van der Waals surface area contributed by atoms with Crippen LogP contribution in [0.15, 0.2) is 18.2 Å². The Hall–Kier alpha value is -1.57. The van der Waals surface area contributed by atoms with E-state index in [0.29, 0.717) is 22.8 Å². The molecule has 0 aromatic heterocycles. The van der Waals surface area contributed by atoms with Crippen LogP contribution in [0.5, 0.6) is 0 Å². The first-order valence-corrected chi connectivity index (χ1v) is 6.23. The molecule has 1 aromatic rings. The zero-order valence-electron chi connectivity index (χ0n) is 10.1. The summed E-state index contributed by atoms with van der Waals surface area (Å²) in [5, 5.41) is 12.2. The van der Waals surface area contributed by atoms with Gasteiger partial charge in [0.2, 0.25) is 5.91 Å². The zero-order chi connectivity index (χ0) is 13.1. The second-order valence-electron chi connectivity index (χ2n) is 4.25. The number of nitrogens with one attached hydrogen (secondary N) is 1. The van der Waals surface area contributed by atoms with Gasteiger partial charge in [-0.15, -0.1) is 0 Å². The summed E-state index contributed by atoms with van der Waals surface area (Å²) >= 11 is 6.13. The van der Waals surface area contributed by atoms with Crippen LogP contribution in [0.4, 0.5) is 5.69 Å². The molecule has 1 aromatic carbocycles. The predicted molar refractivity (Wildman–Crippen MR) is 70.6 cm³/mol. The summed E-state index contributed by atoms with van der Waals surface area (Å²) in [4.78, 5) is 13.9. The normalized spacial score (nSPS) is 19.7. The Kier molecular flexibility index (Phi) is 3.85. The number of amides is 1. The lowest BCUT2D eigenvalue weighted by molar-refractivity contribution is -0.121. The van der Waals surface area contributed by atoms with Crippen molar-refractivity contribution in [1.82, 2.24) is 5.32 Å². The number of piperidine rings is 1. The number of nitrogens with zero attached hydrogens (tertiary/aromatic N) is 2. The maximum Gasteiger partial charge on any atom is 0.244 e. The topological polar surface area (TPSA) is 56.1 Å². The molecule has 1 atom stereocenters. The fourth-order valence-electron chi connectivity index (χ4n) is 2.18. The van der Waals surface area contributed by atoms with Gasteiger partial charge in [0.1, 0.15) is 0 Å². The van der Waals surface area contributed by atoms with Crippen LogP contribution in [0.1, 0.15) is 18.4 Å². The number of carbonyl (C=O) groups excluding carboxylic acids is 1. The Labute approximate surface area is 111 Å². The maximum absolute atomic E-state index is 12.2. The lowest BCUT2D eigenvalue weighted by Crippen LogP contribution is -2.49. The van der Waals surface area contributed by atoms with Crippen molar-refractivity contribution in [3.05, 3.63) is 28.8 Å². The third-order valence-electron chi connectivity index (χ3n) is 3.15. The van der Waals surface area contributed by atoms with Crippen LogP contribution in [-0.2, 0) is 4.79 Å². The molecule has 1 heterocycles. The van der Waals surface area contributed by atoms with Crippen molar-refractivity contribution < 1.29 is 4.79 Å². The van der Waals surface area contributed by atoms with E-state index in [1.54, 1.807) is 30.1 Å². The molecular weight excluding hydrogens is 250 g/mol. The van der Waals surface area contributed by atoms with Crippen LogP contribution in [0.25, 0.3) is 0 Å². The minimum Gasteiger partial charge on any atom is -0.310 e. The number of likely N-dealkylation sites (N-methyl/N-ethyl adjacent to an activating group) is 1. The highest BCUT2D eigenvalue weighted by Crippen LogP contribution is 2.29. The van der Waals surface area contributed by atoms with Crippen molar-refractivity contribution >= 4 is 23.2 Å². The molecule has 1 amide bonds. The van der Waals surface area contributed by atoms with Gasteiger partial charge in [-0.25, -0.2) is 0 Å². The average Bonchev–Trinajstić information content (AvgIpc) is 2.39. The molecule has 0 spiro atoms. The van der Waals surface area contributed by atoms with Gasteiger partial charge < -0.3 is 10.2 Å². The minimum atomic E-state index is -0.148. The smallest absolute Gasteiger partial charge is 0.244 e. The van der Waals surface area contributed by atoms with Gasteiger partial charge in [0.25, 0.3) is 0 Å². The van der Waals surface area contributed by atoms with Gasteiger partial charge in [-0.3, -0.25) is 4.79 Å².